The first-order valence-corrected chi connectivity index (χ1v) is 11.3. The molecule has 1 amide bonds. The first-order valence-electron chi connectivity index (χ1n) is 8.96. The SMILES string of the molecule is O=C(CNS(=O)(=O)c1cccs1)Nc1cc(C(F)(F)F)ccc1N1CCCCC1. The predicted octanol–water partition coefficient (Wildman–Crippen LogP) is 3.67. The number of halogens is 3. The van der Waals surface area contributed by atoms with Gasteiger partial charge in [0.2, 0.25) is 5.91 Å². The molecule has 29 heavy (non-hydrogen) atoms. The fourth-order valence-corrected chi connectivity index (χ4v) is 5.09. The van der Waals surface area contributed by atoms with Gasteiger partial charge in [0.1, 0.15) is 4.21 Å². The Kier molecular flexibility index (Phi) is 6.49. The molecule has 1 fully saturated rings. The van der Waals surface area contributed by atoms with Crippen LogP contribution in [-0.4, -0.2) is 34.0 Å². The van der Waals surface area contributed by atoms with E-state index >= 15 is 0 Å². The zero-order chi connectivity index (χ0) is 21.1. The molecule has 2 N–H and O–H groups in total. The maximum atomic E-state index is 13.1. The van der Waals surface area contributed by atoms with E-state index in [2.05, 4.69) is 10.0 Å². The second-order valence-electron chi connectivity index (χ2n) is 6.58. The normalized spacial score (nSPS) is 15.3. The number of rotatable bonds is 6. The summed E-state index contributed by atoms with van der Waals surface area (Å²) in [5, 5.41) is 4.02. The van der Waals surface area contributed by atoms with Crippen LogP contribution in [0.4, 0.5) is 24.5 Å². The van der Waals surface area contributed by atoms with Crippen LogP contribution in [0.5, 0.6) is 0 Å². The Morgan fingerprint density at radius 2 is 1.86 bits per heavy atom. The minimum absolute atomic E-state index is 0.0158. The lowest BCUT2D eigenvalue weighted by Crippen LogP contribution is -2.34. The van der Waals surface area contributed by atoms with E-state index in [4.69, 9.17) is 0 Å². The van der Waals surface area contributed by atoms with E-state index in [-0.39, 0.29) is 9.90 Å². The van der Waals surface area contributed by atoms with Crippen LogP contribution in [0.15, 0.2) is 39.9 Å². The topological polar surface area (TPSA) is 78.5 Å². The third kappa shape index (κ3) is 5.49. The van der Waals surface area contributed by atoms with Crippen molar-refractivity contribution in [2.24, 2.45) is 0 Å². The molecule has 1 aliphatic rings. The number of amides is 1. The van der Waals surface area contributed by atoms with Crippen LogP contribution >= 0.6 is 11.3 Å². The molecule has 0 spiro atoms. The standard InChI is InChI=1S/C18H20F3N3O3S2/c19-18(20,21)13-6-7-15(24-8-2-1-3-9-24)14(11-13)23-16(25)12-22-29(26,27)17-5-4-10-28-17/h4-7,10-11,22H,1-3,8-9,12H2,(H,23,25). The van der Waals surface area contributed by atoms with Crippen molar-refractivity contribution in [2.45, 2.75) is 29.6 Å². The number of anilines is 2. The lowest BCUT2D eigenvalue weighted by molar-refractivity contribution is -0.137. The minimum atomic E-state index is -4.55. The molecule has 3 rings (SSSR count). The fourth-order valence-electron chi connectivity index (χ4n) is 3.07. The third-order valence-corrected chi connectivity index (χ3v) is 7.28. The highest BCUT2D eigenvalue weighted by Gasteiger charge is 2.32. The Balaban J connectivity index is 1.77. The summed E-state index contributed by atoms with van der Waals surface area (Å²) in [6.45, 7) is 0.772. The second-order valence-corrected chi connectivity index (χ2v) is 9.52. The van der Waals surface area contributed by atoms with Gasteiger partial charge in [-0.15, -0.1) is 11.3 Å². The Hall–Kier alpha value is -2.11. The molecule has 2 aromatic rings. The van der Waals surface area contributed by atoms with E-state index in [0.717, 1.165) is 42.7 Å². The first-order chi connectivity index (χ1) is 13.7. The number of nitrogens with zero attached hydrogens (tertiary/aromatic N) is 1. The van der Waals surface area contributed by atoms with Crippen molar-refractivity contribution in [2.75, 3.05) is 29.9 Å². The number of benzene rings is 1. The number of hydrogen-bond donors (Lipinski definition) is 2. The van der Waals surface area contributed by atoms with Crippen molar-refractivity contribution in [3.8, 4) is 0 Å². The lowest BCUT2D eigenvalue weighted by Gasteiger charge is -2.31. The molecule has 1 saturated heterocycles. The summed E-state index contributed by atoms with van der Waals surface area (Å²) in [6.07, 6.45) is -1.69. The molecule has 1 aromatic heterocycles. The number of hydrogen-bond acceptors (Lipinski definition) is 5. The molecule has 11 heteroatoms. The number of sulfonamides is 1. The Morgan fingerprint density at radius 3 is 2.48 bits per heavy atom. The summed E-state index contributed by atoms with van der Waals surface area (Å²) in [6, 6.07) is 6.17. The van der Waals surface area contributed by atoms with E-state index in [9.17, 15) is 26.4 Å². The summed E-state index contributed by atoms with van der Waals surface area (Å²) in [5.41, 5.74) is -0.373. The number of nitrogens with one attached hydrogen (secondary N) is 2. The van der Waals surface area contributed by atoms with E-state index in [0.29, 0.717) is 18.8 Å². The first kappa shape index (κ1) is 21.6. The van der Waals surface area contributed by atoms with Gasteiger partial charge < -0.3 is 10.2 Å². The summed E-state index contributed by atoms with van der Waals surface area (Å²) in [7, 11) is -3.85. The van der Waals surface area contributed by atoms with Crippen LogP contribution in [0, 0.1) is 0 Å². The van der Waals surface area contributed by atoms with Crippen LogP contribution in [0.1, 0.15) is 24.8 Å². The Labute approximate surface area is 170 Å². The monoisotopic (exact) mass is 447 g/mol. The molecule has 0 saturated carbocycles. The van der Waals surface area contributed by atoms with Crippen LogP contribution in [0.2, 0.25) is 0 Å². The number of alkyl halides is 3. The second kappa shape index (κ2) is 8.72. The zero-order valence-corrected chi connectivity index (χ0v) is 17.0. The van der Waals surface area contributed by atoms with E-state index in [1.807, 2.05) is 4.90 Å². The summed E-state index contributed by atoms with van der Waals surface area (Å²) >= 11 is 0.998. The van der Waals surface area contributed by atoms with Gasteiger partial charge in [-0.2, -0.15) is 13.2 Å². The largest absolute Gasteiger partial charge is 0.416 e. The third-order valence-electron chi connectivity index (χ3n) is 4.48. The van der Waals surface area contributed by atoms with Gasteiger partial charge in [-0.05, 0) is 48.9 Å². The Morgan fingerprint density at radius 1 is 1.14 bits per heavy atom. The molecule has 0 atom stereocenters. The highest BCUT2D eigenvalue weighted by Crippen LogP contribution is 2.36. The van der Waals surface area contributed by atoms with Crippen molar-refractivity contribution < 1.29 is 26.4 Å². The zero-order valence-electron chi connectivity index (χ0n) is 15.3. The predicted molar refractivity (Wildman–Crippen MR) is 106 cm³/mol. The maximum Gasteiger partial charge on any atom is 0.416 e. The van der Waals surface area contributed by atoms with Gasteiger partial charge in [0.15, 0.2) is 0 Å². The molecule has 0 radical (unpaired) electrons. The van der Waals surface area contributed by atoms with Gasteiger partial charge in [-0.1, -0.05) is 6.07 Å². The molecule has 0 aliphatic carbocycles. The smallest absolute Gasteiger partial charge is 0.370 e. The molecular formula is C18H20F3N3O3S2. The van der Waals surface area contributed by atoms with E-state index in [1.54, 1.807) is 11.4 Å². The van der Waals surface area contributed by atoms with Gasteiger partial charge in [0, 0.05) is 13.1 Å². The Bertz CT molecular complexity index is 954. The van der Waals surface area contributed by atoms with Gasteiger partial charge >= 0.3 is 6.18 Å². The van der Waals surface area contributed by atoms with Gasteiger partial charge in [0.05, 0.1) is 23.5 Å². The van der Waals surface area contributed by atoms with Crippen molar-refractivity contribution in [1.82, 2.24) is 4.72 Å². The highest BCUT2D eigenvalue weighted by molar-refractivity contribution is 7.91. The number of carbonyl (C=O) groups is 1. The van der Waals surface area contributed by atoms with Gasteiger partial charge in [-0.25, -0.2) is 13.1 Å². The quantitative estimate of drug-likeness (QED) is 0.708. The molecule has 1 aromatic carbocycles. The maximum absolute atomic E-state index is 13.1. The van der Waals surface area contributed by atoms with Crippen molar-refractivity contribution in [3.63, 3.8) is 0 Å². The van der Waals surface area contributed by atoms with Crippen molar-refractivity contribution >= 4 is 38.6 Å². The molecule has 6 nitrogen and oxygen atoms in total. The summed E-state index contributed by atoms with van der Waals surface area (Å²) < 4.78 is 65.8. The molecule has 158 valence electrons. The van der Waals surface area contributed by atoms with Crippen molar-refractivity contribution in [3.05, 3.63) is 41.3 Å². The minimum Gasteiger partial charge on any atom is -0.370 e. The van der Waals surface area contributed by atoms with E-state index < -0.39 is 34.2 Å². The van der Waals surface area contributed by atoms with Crippen molar-refractivity contribution in [1.29, 1.82) is 0 Å². The van der Waals surface area contributed by atoms with Crippen LogP contribution in [-0.2, 0) is 21.0 Å². The summed E-state index contributed by atoms with van der Waals surface area (Å²) in [4.78, 5) is 14.2. The van der Waals surface area contributed by atoms with E-state index in [1.165, 1.54) is 12.1 Å². The van der Waals surface area contributed by atoms with Gasteiger partial charge in [-0.3, -0.25) is 4.79 Å². The average molecular weight is 448 g/mol. The average Bonchev–Trinajstić information content (AvgIpc) is 3.22. The molecule has 1 aliphatic heterocycles. The van der Waals surface area contributed by atoms with Crippen LogP contribution in [0.3, 0.4) is 0 Å². The van der Waals surface area contributed by atoms with Crippen LogP contribution < -0.4 is 14.9 Å². The molecule has 2 heterocycles. The molecular weight excluding hydrogens is 427 g/mol. The molecule has 0 bridgehead atoms. The fraction of sp³-hybridized carbons (Fsp3) is 0.389. The molecule has 0 unspecified atom stereocenters. The summed E-state index contributed by atoms with van der Waals surface area (Å²) in [5.74, 6) is -0.747. The highest BCUT2D eigenvalue weighted by atomic mass is 32.2. The number of thiophene rings is 1. The lowest BCUT2D eigenvalue weighted by atomic mass is 10.1. The number of carbonyl (C=O) groups excluding carboxylic acids is 1. The number of piperidine rings is 1. The van der Waals surface area contributed by atoms with Gasteiger partial charge in [0.25, 0.3) is 10.0 Å². The van der Waals surface area contributed by atoms with Crippen LogP contribution in [0.25, 0.3) is 0 Å².